The Morgan fingerprint density at radius 1 is 0.259 bits per heavy atom. The van der Waals surface area contributed by atoms with Gasteiger partial charge >= 0.3 is 17.9 Å². The van der Waals surface area contributed by atoms with Crippen LogP contribution in [0.3, 0.4) is 0 Å². The molecular weight excluding hydrogens is 997 g/mol. The van der Waals surface area contributed by atoms with Crippen molar-refractivity contribution in [3.8, 4) is 0 Å². The maximum absolute atomic E-state index is 12.9. The first-order valence-electron chi connectivity index (χ1n) is 33.7. The lowest BCUT2D eigenvalue weighted by Crippen LogP contribution is -2.30. The summed E-state index contributed by atoms with van der Waals surface area (Å²) in [5.41, 5.74) is 0. The summed E-state index contributed by atoms with van der Waals surface area (Å²) in [5.74, 6) is -0.914. The maximum Gasteiger partial charge on any atom is 0.306 e. The number of ether oxygens (including phenoxy) is 3. The Bertz CT molecular complexity index is 1720. The molecule has 0 N–H and O–H groups in total. The molecule has 460 valence electrons. The number of hydrogen-bond donors (Lipinski definition) is 0. The minimum absolute atomic E-state index is 0.0862. The van der Waals surface area contributed by atoms with Gasteiger partial charge in [0.2, 0.25) is 0 Å². The molecule has 1 atom stereocenters. The third-order valence-corrected chi connectivity index (χ3v) is 14.1. The zero-order valence-corrected chi connectivity index (χ0v) is 52.8. The van der Waals surface area contributed by atoms with Gasteiger partial charge in [0.15, 0.2) is 6.10 Å². The molecule has 0 aromatic heterocycles. The van der Waals surface area contributed by atoms with Crippen LogP contribution in [0.15, 0.2) is 134 Å². The molecule has 0 bridgehead atoms. The van der Waals surface area contributed by atoms with Gasteiger partial charge in [-0.05, 0) is 122 Å². The minimum Gasteiger partial charge on any atom is -0.462 e. The van der Waals surface area contributed by atoms with Crippen molar-refractivity contribution in [1.29, 1.82) is 0 Å². The lowest BCUT2D eigenvalue weighted by atomic mass is 10.0. The molecule has 0 amide bonds. The first kappa shape index (κ1) is 76.5. The van der Waals surface area contributed by atoms with E-state index in [1.807, 2.05) is 0 Å². The third-order valence-electron chi connectivity index (χ3n) is 14.1. The number of esters is 3. The first-order chi connectivity index (χ1) is 40.0. The van der Waals surface area contributed by atoms with Crippen LogP contribution in [-0.2, 0) is 28.6 Å². The fraction of sp³-hybridized carbons (Fsp3) is 0.667. The highest BCUT2D eigenvalue weighted by atomic mass is 16.6. The van der Waals surface area contributed by atoms with Crippen LogP contribution in [0.2, 0.25) is 0 Å². The third kappa shape index (κ3) is 66.2. The lowest BCUT2D eigenvalue weighted by Gasteiger charge is -2.18. The summed E-state index contributed by atoms with van der Waals surface area (Å²) in [4.78, 5) is 38.0. The Kier molecular flexibility index (Phi) is 64.3. The zero-order valence-electron chi connectivity index (χ0n) is 52.8. The van der Waals surface area contributed by atoms with E-state index >= 15 is 0 Å². The second kappa shape index (κ2) is 68.1. The first-order valence-corrected chi connectivity index (χ1v) is 33.7. The standard InChI is InChI=1S/C75H124O6/c1-4-7-10-13-15-17-19-21-23-25-27-29-31-33-35-36-37-38-40-41-43-45-47-49-51-53-55-57-59-62-65-68-74(77)80-71-72(70-79-73(76)67-64-61-12-9-6-3)81-75(78)69-66-63-60-58-56-54-52-50-48-46-44-42-39-34-32-30-28-26-24-22-20-18-16-14-11-8-5-2/h7,10,15,17,20-23,26-29,32-35,37-38,41,43,47,49,72H,4-6,8-9,11-14,16,18-19,24-25,30-31,36,39-40,42,44-46,48,50-71H2,1-3H3/b10-7-,17-15-,22-20-,23-21-,28-26-,29-27-,34-32-,35-33-,38-37-,43-41-,49-47-. The second-order valence-corrected chi connectivity index (χ2v) is 22.0. The van der Waals surface area contributed by atoms with Gasteiger partial charge in [0, 0.05) is 19.3 Å². The van der Waals surface area contributed by atoms with E-state index in [4.69, 9.17) is 14.2 Å². The van der Waals surface area contributed by atoms with Gasteiger partial charge in [-0.25, -0.2) is 0 Å². The SMILES string of the molecule is CC/C=C\C/C=C\C/C=C\C/C=C\C/C=C\C/C=C\C/C=C\C/C=C\CCCCCCCCC(=O)OCC(COC(=O)CCCCCCC)OC(=O)CCCCCCCCCCCCCC/C=C\C/C=C\C/C=C\CCCCCCC. The van der Waals surface area contributed by atoms with Crippen LogP contribution in [0.4, 0.5) is 0 Å². The molecule has 0 spiro atoms. The van der Waals surface area contributed by atoms with Gasteiger partial charge in [-0.1, -0.05) is 296 Å². The van der Waals surface area contributed by atoms with Crippen molar-refractivity contribution in [1.82, 2.24) is 0 Å². The highest BCUT2D eigenvalue weighted by Gasteiger charge is 2.19. The summed E-state index contributed by atoms with van der Waals surface area (Å²) in [5, 5.41) is 0. The topological polar surface area (TPSA) is 78.9 Å². The molecule has 0 saturated carbocycles. The van der Waals surface area contributed by atoms with Crippen LogP contribution >= 0.6 is 0 Å². The van der Waals surface area contributed by atoms with Crippen LogP contribution in [-0.4, -0.2) is 37.2 Å². The molecule has 6 nitrogen and oxygen atoms in total. The predicted octanol–water partition coefficient (Wildman–Crippen LogP) is 23.3. The highest BCUT2D eigenvalue weighted by molar-refractivity contribution is 5.71. The van der Waals surface area contributed by atoms with Crippen molar-refractivity contribution in [2.24, 2.45) is 0 Å². The Labute approximate surface area is 500 Å². The second-order valence-electron chi connectivity index (χ2n) is 22.0. The van der Waals surface area contributed by atoms with Gasteiger partial charge in [0.25, 0.3) is 0 Å². The summed E-state index contributed by atoms with van der Waals surface area (Å²) >= 11 is 0. The van der Waals surface area contributed by atoms with Crippen LogP contribution in [0.5, 0.6) is 0 Å². The minimum atomic E-state index is -0.787. The average molecular weight is 1120 g/mol. The molecule has 0 radical (unpaired) electrons. The molecule has 0 saturated heterocycles. The van der Waals surface area contributed by atoms with Crippen molar-refractivity contribution in [2.45, 2.75) is 309 Å². The van der Waals surface area contributed by atoms with E-state index in [1.54, 1.807) is 0 Å². The fourth-order valence-corrected chi connectivity index (χ4v) is 9.11. The van der Waals surface area contributed by atoms with E-state index in [-0.39, 0.29) is 31.1 Å². The molecule has 0 aliphatic carbocycles. The molecule has 81 heavy (non-hydrogen) atoms. The van der Waals surface area contributed by atoms with Crippen LogP contribution in [0.1, 0.15) is 303 Å². The van der Waals surface area contributed by atoms with Crippen molar-refractivity contribution >= 4 is 17.9 Å². The van der Waals surface area contributed by atoms with Crippen LogP contribution < -0.4 is 0 Å². The molecule has 6 heteroatoms. The average Bonchev–Trinajstić information content (AvgIpc) is 3.47. The molecule has 0 aromatic rings. The van der Waals surface area contributed by atoms with E-state index in [9.17, 15) is 14.4 Å². The van der Waals surface area contributed by atoms with Crippen molar-refractivity contribution < 1.29 is 28.6 Å². The van der Waals surface area contributed by atoms with Crippen molar-refractivity contribution in [3.63, 3.8) is 0 Å². The molecule has 1 unspecified atom stereocenters. The molecule has 0 aliphatic heterocycles. The van der Waals surface area contributed by atoms with E-state index < -0.39 is 6.10 Å². The quantitative estimate of drug-likeness (QED) is 0.0261. The summed E-state index contributed by atoms with van der Waals surface area (Å²) in [6, 6.07) is 0. The number of carbonyl (C=O) groups is 3. The number of allylic oxidation sites excluding steroid dienone is 22. The van der Waals surface area contributed by atoms with Gasteiger partial charge in [0.1, 0.15) is 13.2 Å². The van der Waals surface area contributed by atoms with Gasteiger partial charge in [-0.15, -0.1) is 0 Å². The molecule has 0 fully saturated rings. The number of unbranched alkanes of at least 4 members (excludes halogenated alkanes) is 27. The lowest BCUT2D eigenvalue weighted by molar-refractivity contribution is -0.167. The molecule has 0 aliphatic rings. The molecule has 0 heterocycles. The smallest absolute Gasteiger partial charge is 0.306 e. The van der Waals surface area contributed by atoms with Gasteiger partial charge in [0.05, 0.1) is 0 Å². The Morgan fingerprint density at radius 3 is 0.753 bits per heavy atom. The zero-order chi connectivity index (χ0) is 58.5. The van der Waals surface area contributed by atoms with Crippen molar-refractivity contribution in [2.75, 3.05) is 13.2 Å². The van der Waals surface area contributed by atoms with E-state index in [0.29, 0.717) is 19.3 Å². The fourth-order valence-electron chi connectivity index (χ4n) is 9.11. The molecule has 0 aromatic carbocycles. The van der Waals surface area contributed by atoms with E-state index in [2.05, 4.69) is 154 Å². The summed E-state index contributed by atoms with van der Waals surface area (Å²) in [6.07, 6.45) is 96.6. The summed E-state index contributed by atoms with van der Waals surface area (Å²) in [6.45, 7) is 6.43. The summed E-state index contributed by atoms with van der Waals surface area (Å²) in [7, 11) is 0. The Balaban J connectivity index is 4.10. The maximum atomic E-state index is 12.9. The normalized spacial score (nSPS) is 13.0. The number of rotatable bonds is 60. The predicted molar refractivity (Wildman–Crippen MR) is 353 cm³/mol. The summed E-state index contributed by atoms with van der Waals surface area (Å²) < 4.78 is 16.8. The Hall–Kier alpha value is -4.45. The highest BCUT2D eigenvalue weighted by Crippen LogP contribution is 2.16. The van der Waals surface area contributed by atoms with Crippen molar-refractivity contribution in [3.05, 3.63) is 134 Å². The molecular formula is C75H124O6. The monoisotopic (exact) mass is 1120 g/mol. The van der Waals surface area contributed by atoms with E-state index in [1.165, 1.54) is 122 Å². The number of hydrogen-bond acceptors (Lipinski definition) is 6. The largest absolute Gasteiger partial charge is 0.462 e. The molecule has 0 rings (SSSR count). The van der Waals surface area contributed by atoms with E-state index in [0.717, 1.165) is 141 Å². The van der Waals surface area contributed by atoms with Gasteiger partial charge in [-0.3, -0.25) is 14.4 Å². The van der Waals surface area contributed by atoms with Crippen LogP contribution in [0, 0.1) is 0 Å². The number of carbonyl (C=O) groups excluding carboxylic acids is 3. The van der Waals surface area contributed by atoms with Crippen LogP contribution in [0.25, 0.3) is 0 Å². The Morgan fingerprint density at radius 2 is 0.481 bits per heavy atom. The van der Waals surface area contributed by atoms with Gasteiger partial charge < -0.3 is 14.2 Å². The van der Waals surface area contributed by atoms with Gasteiger partial charge in [-0.2, -0.15) is 0 Å².